The first-order valence-electron chi connectivity index (χ1n) is 6.52. The molecular formula is C15H17BrO2S. The van der Waals surface area contributed by atoms with Gasteiger partial charge in [0.05, 0.1) is 12.2 Å². The molecule has 0 aliphatic rings. The number of rotatable bonds is 7. The van der Waals surface area contributed by atoms with Gasteiger partial charge >= 0.3 is 5.97 Å². The number of fused-ring (bicyclic) bond motifs is 1. The number of benzene rings is 1. The van der Waals surface area contributed by atoms with Crippen LogP contribution in [-0.4, -0.2) is 17.9 Å². The fourth-order valence-corrected chi connectivity index (χ4v) is 3.26. The molecule has 0 bridgehead atoms. The minimum atomic E-state index is -0.196. The molecule has 2 aromatic rings. The largest absolute Gasteiger partial charge is 0.462 e. The van der Waals surface area contributed by atoms with Gasteiger partial charge in [0.2, 0.25) is 0 Å². The van der Waals surface area contributed by atoms with Crippen LogP contribution in [0.15, 0.2) is 29.6 Å². The lowest BCUT2D eigenvalue weighted by atomic mass is 10.2. The van der Waals surface area contributed by atoms with E-state index in [1.807, 2.05) is 29.6 Å². The van der Waals surface area contributed by atoms with Crippen molar-refractivity contribution in [2.24, 2.45) is 0 Å². The van der Waals surface area contributed by atoms with Crippen molar-refractivity contribution in [3.05, 3.63) is 35.2 Å². The summed E-state index contributed by atoms with van der Waals surface area (Å²) in [4.78, 5) is 12.0. The first kappa shape index (κ1) is 14.5. The number of hydrogen-bond donors (Lipinski definition) is 0. The summed E-state index contributed by atoms with van der Waals surface area (Å²) < 4.78 is 6.46. The molecule has 4 heteroatoms. The van der Waals surface area contributed by atoms with Crippen molar-refractivity contribution >= 4 is 43.3 Å². The van der Waals surface area contributed by atoms with Crippen LogP contribution in [0.3, 0.4) is 0 Å². The van der Waals surface area contributed by atoms with E-state index in [-0.39, 0.29) is 5.97 Å². The van der Waals surface area contributed by atoms with Crippen LogP contribution in [0.25, 0.3) is 10.1 Å². The quantitative estimate of drug-likeness (QED) is 0.402. The number of halogens is 1. The molecule has 0 N–H and O–H groups in total. The van der Waals surface area contributed by atoms with Gasteiger partial charge in [-0.3, -0.25) is 0 Å². The number of esters is 1. The summed E-state index contributed by atoms with van der Waals surface area (Å²) in [7, 11) is 0. The van der Waals surface area contributed by atoms with Crippen LogP contribution in [0.2, 0.25) is 0 Å². The fraction of sp³-hybridized carbons (Fsp3) is 0.400. The molecule has 0 fully saturated rings. The van der Waals surface area contributed by atoms with Crippen molar-refractivity contribution in [3.8, 4) is 0 Å². The number of unbranched alkanes of at least 4 members (excludes halogenated alkanes) is 3. The summed E-state index contributed by atoms with van der Waals surface area (Å²) in [5.41, 5.74) is 0.695. The number of ether oxygens (including phenoxy) is 1. The van der Waals surface area contributed by atoms with Crippen molar-refractivity contribution in [1.29, 1.82) is 0 Å². The van der Waals surface area contributed by atoms with E-state index in [1.54, 1.807) is 11.3 Å². The summed E-state index contributed by atoms with van der Waals surface area (Å²) in [6.45, 7) is 0.519. The predicted octanol–water partition coefficient (Wildman–Crippen LogP) is 5.01. The van der Waals surface area contributed by atoms with E-state index in [2.05, 4.69) is 15.9 Å². The van der Waals surface area contributed by atoms with Crippen LogP contribution < -0.4 is 0 Å². The first-order valence-corrected chi connectivity index (χ1v) is 8.52. The number of thiophene rings is 1. The highest BCUT2D eigenvalue weighted by Gasteiger charge is 2.12. The molecule has 0 saturated carbocycles. The summed E-state index contributed by atoms with van der Waals surface area (Å²) in [6.07, 6.45) is 4.43. The van der Waals surface area contributed by atoms with Gasteiger partial charge in [-0.25, -0.2) is 4.79 Å². The molecule has 0 spiro atoms. The van der Waals surface area contributed by atoms with Crippen molar-refractivity contribution < 1.29 is 9.53 Å². The molecule has 0 radical (unpaired) electrons. The Hall–Kier alpha value is -0.870. The predicted molar refractivity (Wildman–Crippen MR) is 84.4 cm³/mol. The lowest BCUT2D eigenvalue weighted by Gasteiger charge is -2.03. The minimum absolute atomic E-state index is 0.196. The number of carbonyl (C=O) groups is 1. The van der Waals surface area contributed by atoms with Crippen molar-refractivity contribution in [1.82, 2.24) is 0 Å². The summed E-state index contributed by atoms with van der Waals surface area (Å²) in [6, 6.07) is 7.93. The van der Waals surface area contributed by atoms with E-state index in [0.717, 1.165) is 28.3 Å². The third kappa shape index (κ3) is 4.05. The van der Waals surface area contributed by atoms with Gasteiger partial charge in [-0.15, -0.1) is 11.3 Å². The molecule has 2 rings (SSSR count). The van der Waals surface area contributed by atoms with Gasteiger partial charge in [0.1, 0.15) is 0 Å². The van der Waals surface area contributed by atoms with Gasteiger partial charge in [0.25, 0.3) is 0 Å². The van der Waals surface area contributed by atoms with Crippen molar-refractivity contribution in [3.63, 3.8) is 0 Å². The Morgan fingerprint density at radius 3 is 2.79 bits per heavy atom. The standard InChI is InChI=1S/C15H17BrO2S/c16-9-5-1-2-6-10-18-15(17)13-11-19-14-8-4-3-7-12(13)14/h3-4,7-8,11H,1-2,5-6,9-10H2. The normalized spacial score (nSPS) is 10.8. The van der Waals surface area contributed by atoms with Gasteiger partial charge in [-0.2, -0.15) is 0 Å². The summed E-state index contributed by atoms with van der Waals surface area (Å²) in [5, 5.41) is 3.93. The summed E-state index contributed by atoms with van der Waals surface area (Å²) in [5.74, 6) is -0.196. The highest BCUT2D eigenvalue weighted by atomic mass is 79.9. The summed E-state index contributed by atoms with van der Waals surface area (Å²) >= 11 is 4.99. The number of carbonyl (C=O) groups excluding carboxylic acids is 1. The van der Waals surface area contributed by atoms with Gasteiger partial charge in [-0.05, 0) is 18.9 Å². The molecule has 2 nitrogen and oxygen atoms in total. The SMILES string of the molecule is O=C(OCCCCCCBr)c1csc2ccccc12. The first-order chi connectivity index (χ1) is 9.33. The van der Waals surface area contributed by atoms with E-state index in [1.165, 1.54) is 12.8 Å². The lowest BCUT2D eigenvalue weighted by molar-refractivity contribution is 0.0500. The van der Waals surface area contributed by atoms with Gasteiger partial charge in [-0.1, -0.05) is 47.0 Å². The zero-order chi connectivity index (χ0) is 13.5. The molecule has 1 aromatic carbocycles. The second-order valence-electron chi connectivity index (χ2n) is 4.38. The minimum Gasteiger partial charge on any atom is -0.462 e. The lowest BCUT2D eigenvalue weighted by Crippen LogP contribution is -2.05. The topological polar surface area (TPSA) is 26.3 Å². The second-order valence-corrected chi connectivity index (χ2v) is 6.09. The van der Waals surface area contributed by atoms with Gasteiger partial charge in [0.15, 0.2) is 0 Å². The van der Waals surface area contributed by atoms with Gasteiger partial charge in [0, 0.05) is 20.8 Å². The van der Waals surface area contributed by atoms with Crippen molar-refractivity contribution in [2.45, 2.75) is 25.7 Å². The molecule has 0 atom stereocenters. The maximum atomic E-state index is 12.0. The van der Waals surface area contributed by atoms with E-state index >= 15 is 0 Å². The third-order valence-corrected chi connectivity index (χ3v) is 4.49. The Balaban J connectivity index is 1.83. The van der Waals surface area contributed by atoms with Crippen molar-refractivity contribution in [2.75, 3.05) is 11.9 Å². The maximum Gasteiger partial charge on any atom is 0.339 e. The molecular weight excluding hydrogens is 324 g/mol. The monoisotopic (exact) mass is 340 g/mol. The zero-order valence-electron chi connectivity index (χ0n) is 10.7. The highest BCUT2D eigenvalue weighted by molar-refractivity contribution is 9.09. The van der Waals surface area contributed by atoms with Crippen LogP contribution in [0.1, 0.15) is 36.0 Å². The molecule has 102 valence electrons. The highest BCUT2D eigenvalue weighted by Crippen LogP contribution is 2.26. The second kappa shape index (κ2) is 7.65. The van der Waals surface area contributed by atoms with Crippen LogP contribution >= 0.6 is 27.3 Å². The third-order valence-electron chi connectivity index (χ3n) is 2.96. The van der Waals surface area contributed by atoms with Crippen LogP contribution in [0.5, 0.6) is 0 Å². The Bertz CT molecular complexity index is 536. The maximum absolute atomic E-state index is 12.0. The zero-order valence-corrected chi connectivity index (χ0v) is 13.1. The van der Waals surface area contributed by atoms with Gasteiger partial charge < -0.3 is 4.74 Å². The van der Waals surface area contributed by atoms with E-state index in [9.17, 15) is 4.79 Å². The Labute approximate surface area is 125 Å². The molecule has 0 saturated heterocycles. The van der Waals surface area contributed by atoms with Crippen LogP contribution in [-0.2, 0) is 4.74 Å². The fourth-order valence-electron chi connectivity index (χ4n) is 1.93. The Kier molecular flexibility index (Phi) is 5.86. The Morgan fingerprint density at radius 1 is 1.16 bits per heavy atom. The molecule has 0 aliphatic heterocycles. The molecule has 19 heavy (non-hydrogen) atoms. The van der Waals surface area contributed by atoms with Crippen LogP contribution in [0, 0.1) is 0 Å². The number of alkyl halides is 1. The molecule has 0 amide bonds. The molecule has 0 aliphatic carbocycles. The Morgan fingerprint density at radius 2 is 1.95 bits per heavy atom. The number of hydrogen-bond acceptors (Lipinski definition) is 3. The van der Waals surface area contributed by atoms with Crippen LogP contribution in [0.4, 0.5) is 0 Å². The van der Waals surface area contributed by atoms with E-state index < -0.39 is 0 Å². The van der Waals surface area contributed by atoms with E-state index in [4.69, 9.17) is 4.74 Å². The molecule has 1 heterocycles. The average molecular weight is 341 g/mol. The molecule has 0 unspecified atom stereocenters. The average Bonchev–Trinajstić information content (AvgIpc) is 2.86. The smallest absolute Gasteiger partial charge is 0.339 e. The van der Waals surface area contributed by atoms with E-state index in [0.29, 0.717) is 12.2 Å². The molecule has 1 aromatic heterocycles.